The Balaban J connectivity index is 4.63. The zero-order valence-electron chi connectivity index (χ0n) is 8.99. The largest absolute Gasteiger partial charge is 0.318 e. The highest BCUT2D eigenvalue weighted by Gasteiger charge is 2.28. The molecule has 0 aromatic carbocycles. The lowest BCUT2D eigenvalue weighted by atomic mass is 10.1. The minimum absolute atomic E-state index is 0.452. The van der Waals surface area contributed by atoms with Crippen LogP contribution in [0.15, 0.2) is 0 Å². The lowest BCUT2D eigenvalue weighted by Crippen LogP contribution is -2.52. The summed E-state index contributed by atoms with van der Waals surface area (Å²) in [5.74, 6) is -0.683. The van der Waals surface area contributed by atoms with E-state index in [0.717, 1.165) is 0 Å². The molecule has 0 bridgehead atoms. The van der Waals surface area contributed by atoms with Crippen molar-refractivity contribution in [2.24, 2.45) is 5.73 Å². The predicted octanol–water partition coefficient (Wildman–Crippen LogP) is -0.0318. The van der Waals surface area contributed by atoms with Gasteiger partial charge in [-0.05, 0) is 27.2 Å². The molecule has 0 fully saturated rings. The Morgan fingerprint density at radius 3 is 2.21 bits per heavy atom. The Morgan fingerprint density at radius 2 is 1.93 bits per heavy atom. The number of hydrogen-bond donors (Lipinski definition) is 2. The van der Waals surface area contributed by atoms with Crippen molar-refractivity contribution < 1.29 is 13.2 Å². The van der Waals surface area contributed by atoms with E-state index in [0.29, 0.717) is 6.42 Å². The number of carbonyl (C=O) groups excluding carboxylic acids is 1. The summed E-state index contributed by atoms with van der Waals surface area (Å²) >= 11 is 0. The Kier molecular flexibility index (Phi) is 4.08. The second-order valence-corrected chi connectivity index (χ2v) is 6.02. The Labute approximate surface area is 85.1 Å². The topological polar surface area (TPSA) is 89.3 Å². The van der Waals surface area contributed by atoms with E-state index < -0.39 is 26.7 Å². The molecule has 0 aromatic rings. The van der Waals surface area contributed by atoms with Gasteiger partial charge in [-0.2, -0.15) is 0 Å². The van der Waals surface area contributed by atoms with Crippen molar-refractivity contribution in [2.45, 2.75) is 44.9 Å². The molecule has 0 saturated heterocycles. The van der Waals surface area contributed by atoms with Gasteiger partial charge in [0.1, 0.15) is 0 Å². The summed E-state index contributed by atoms with van der Waals surface area (Å²) in [5, 5.41) is -0.589. The number of nitrogens with one attached hydrogen (secondary N) is 1. The van der Waals surface area contributed by atoms with Gasteiger partial charge in [0.2, 0.25) is 10.0 Å². The van der Waals surface area contributed by atoms with Crippen LogP contribution in [-0.4, -0.2) is 25.1 Å². The molecule has 3 N–H and O–H groups in total. The summed E-state index contributed by atoms with van der Waals surface area (Å²) in [6.07, 6.45) is 0.452. The van der Waals surface area contributed by atoms with E-state index in [1.807, 2.05) is 4.72 Å². The van der Waals surface area contributed by atoms with Crippen LogP contribution in [0.1, 0.15) is 34.1 Å². The third-order valence-electron chi connectivity index (χ3n) is 1.92. The van der Waals surface area contributed by atoms with Crippen molar-refractivity contribution in [1.82, 2.24) is 4.72 Å². The van der Waals surface area contributed by atoms with Crippen LogP contribution in [0.25, 0.3) is 0 Å². The van der Waals surface area contributed by atoms with Gasteiger partial charge in [0.25, 0.3) is 5.91 Å². The van der Waals surface area contributed by atoms with Crippen molar-refractivity contribution in [3.8, 4) is 0 Å². The molecule has 84 valence electrons. The Hall–Kier alpha value is -0.620. The van der Waals surface area contributed by atoms with Gasteiger partial charge >= 0.3 is 0 Å². The van der Waals surface area contributed by atoms with Crippen molar-refractivity contribution in [3.05, 3.63) is 0 Å². The summed E-state index contributed by atoms with van der Waals surface area (Å²) in [7, 11) is -3.57. The van der Waals surface area contributed by atoms with E-state index in [1.54, 1.807) is 13.8 Å². The third kappa shape index (κ3) is 3.63. The maximum atomic E-state index is 11.4. The molecule has 0 spiro atoms. The molecular weight excluding hydrogens is 204 g/mol. The fourth-order valence-corrected chi connectivity index (χ4v) is 1.74. The van der Waals surface area contributed by atoms with Crippen molar-refractivity contribution in [3.63, 3.8) is 0 Å². The van der Waals surface area contributed by atoms with E-state index in [4.69, 9.17) is 5.73 Å². The van der Waals surface area contributed by atoms with Crippen LogP contribution in [0.5, 0.6) is 0 Å². The van der Waals surface area contributed by atoms with Gasteiger partial charge < -0.3 is 5.73 Å². The van der Waals surface area contributed by atoms with Crippen LogP contribution in [0.4, 0.5) is 0 Å². The summed E-state index contributed by atoms with van der Waals surface area (Å²) in [6.45, 7) is 6.18. The number of hydrogen-bond acceptors (Lipinski definition) is 4. The van der Waals surface area contributed by atoms with Gasteiger partial charge in [0.05, 0.1) is 10.8 Å². The third-order valence-corrected chi connectivity index (χ3v) is 3.79. The molecule has 1 unspecified atom stereocenters. The molecule has 0 aliphatic carbocycles. The molecule has 6 heteroatoms. The van der Waals surface area contributed by atoms with Crippen LogP contribution < -0.4 is 10.5 Å². The highest BCUT2D eigenvalue weighted by Crippen LogP contribution is 2.05. The smallest absolute Gasteiger partial charge is 0.252 e. The first-order valence-electron chi connectivity index (χ1n) is 4.46. The highest BCUT2D eigenvalue weighted by atomic mass is 32.2. The van der Waals surface area contributed by atoms with E-state index in [2.05, 4.69) is 0 Å². The van der Waals surface area contributed by atoms with Gasteiger partial charge in [-0.3, -0.25) is 9.52 Å². The normalized spacial score (nSPS) is 14.9. The van der Waals surface area contributed by atoms with Gasteiger partial charge in [-0.15, -0.1) is 0 Å². The molecule has 0 heterocycles. The lowest BCUT2D eigenvalue weighted by Gasteiger charge is -2.19. The summed E-state index contributed by atoms with van der Waals surface area (Å²) < 4.78 is 24.8. The summed E-state index contributed by atoms with van der Waals surface area (Å²) in [5.41, 5.74) is 4.27. The van der Waals surface area contributed by atoms with Crippen LogP contribution >= 0.6 is 0 Å². The number of carbonyl (C=O) groups is 1. The minimum atomic E-state index is -3.57. The van der Waals surface area contributed by atoms with Crippen LogP contribution in [0.2, 0.25) is 0 Å². The Bertz CT molecular complexity index is 303. The molecule has 5 nitrogen and oxygen atoms in total. The van der Waals surface area contributed by atoms with Gasteiger partial charge in [0, 0.05) is 0 Å². The molecule has 0 saturated carbocycles. The van der Waals surface area contributed by atoms with Crippen molar-refractivity contribution in [1.29, 1.82) is 0 Å². The SMILES string of the molecule is CCC(C)S(=O)(=O)NC(=O)C(C)(C)N. The fraction of sp³-hybridized carbons (Fsp3) is 0.875. The van der Waals surface area contributed by atoms with Crippen LogP contribution in [-0.2, 0) is 14.8 Å². The molecule has 0 aliphatic heterocycles. The summed E-state index contributed by atoms with van der Waals surface area (Å²) in [4.78, 5) is 11.3. The van der Waals surface area contributed by atoms with Crippen LogP contribution in [0.3, 0.4) is 0 Å². The first-order valence-corrected chi connectivity index (χ1v) is 6.00. The number of rotatable bonds is 4. The monoisotopic (exact) mass is 222 g/mol. The number of nitrogens with two attached hydrogens (primary N) is 1. The average molecular weight is 222 g/mol. The average Bonchev–Trinajstić information content (AvgIpc) is 2.00. The molecule has 0 rings (SSSR count). The second kappa shape index (κ2) is 4.27. The highest BCUT2D eigenvalue weighted by molar-refractivity contribution is 7.90. The first-order chi connectivity index (χ1) is 6.11. The Morgan fingerprint density at radius 1 is 1.50 bits per heavy atom. The number of sulfonamides is 1. The van der Waals surface area contributed by atoms with Gasteiger partial charge in [0.15, 0.2) is 0 Å². The van der Waals surface area contributed by atoms with Crippen molar-refractivity contribution in [2.75, 3.05) is 0 Å². The summed E-state index contributed by atoms with van der Waals surface area (Å²) in [6, 6.07) is 0. The maximum Gasteiger partial charge on any atom is 0.252 e. The molecule has 0 aliphatic rings. The zero-order chi connectivity index (χ0) is 11.6. The quantitative estimate of drug-likeness (QED) is 0.699. The van der Waals surface area contributed by atoms with E-state index in [9.17, 15) is 13.2 Å². The number of amides is 1. The van der Waals surface area contributed by atoms with E-state index in [1.165, 1.54) is 13.8 Å². The van der Waals surface area contributed by atoms with Gasteiger partial charge in [-0.25, -0.2) is 8.42 Å². The molecule has 1 amide bonds. The lowest BCUT2D eigenvalue weighted by molar-refractivity contribution is -0.123. The predicted molar refractivity (Wildman–Crippen MR) is 55.1 cm³/mol. The van der Waals surface area contributed by atoms with E-state index >= 15 is 0 Å². The molecule has 0 radical (unpaired) electrons. The fourth-order valence-electron chi connectivity index (χ4n) is 0.581. The molecular formula is C8H18N2O3S. The standard InChI is InChI=1S/C8H18N2O3S/c1-5-6(2)14(12,13)10-7(11)8(3,4)9/h6H,5,9H2,1-4H3,(H,10,11). The van der Waals surface area contributed by atoms with Crippen molar-refractivity contribution >= 4 is 15.9 Å². The zero-order valence-corrected chi connectivity index (χ0v) is 9.81. The van der Waals surface area contributed by atoms with Gasteiger partial charge in [-0.1, -0.05) is 6.92 Å². The second-order valence-electron chi connectivity index (χ2n) is 3.92. The molecule has 0 aromatic heterocycles. The van der Waals surface area contributed by atoms with Crippen LogP contribution in [0, 0.1) is 0 Å². The van der Waals surface area contributed by atoms with E-state index in [-0.39, 0.29) is 0 Å². The molecule has 1 atom stereocenters. The maximum absolute atomic E-state index is 11.4. The minimum Gasteiger partial charge on any atom is -0.318 e. The first kappa shape index (κ1) is 13.4. The molecule has 14 heavy (non-hydrogen) atoms.